The zero-order valence-electron chi connectivity index (χ0n) is 11.0. The third-order valence-electron chi connectivity index (χ3n) is 3.96. The molecular weight excluding hydrogens is 300 g/mol. The Labute approximate surface area is 121 Å². The summed E-state index contributed by atoms with van der Waals surface area (Å²) in [5.41, 5.74) is 0. The topological polar surface area (TPSA) is 101 Å². The Morgan fingerprint density at radius 2 is 2.10 bits per heavy atom. The van der Waals surface area contributed by atoms with Gasteiger partial charge in [0.25, 0.3) is 10.0 Å². The molecule has 0 radical (unpaired) electrons. The first-order chi connectivity index (χ1) is 9.44. The van der Waals surface area contributed by atoms with E-state index in [0.717, 1.165) is 30.6 Å². The Bertz CT molecular complexity index is 627. The number of nitrogens with one attached hydrogen (secondary N) is 2. The molecule has 2 saturated carbocycles. The van der Waals surface area contributed by atoms with Gasteiger partial charge in [-0.15, -0.1) is 10.2 Å². The summed E-state index contributed by atoms with van der Waals surface area (Å²) in [6, 6.07) is 0.0202. The Kier molecular flexibility index (Phi) is 3.51. The first-order valence-corrected chi connectivity index (χ1v) is 8.87. The van der Waals surface area contributed by atoms with Crippen molar-refractivity contribution in [1.82, 2.24) is 14.9 Å². The summed E-state index contributed by atoms with van der Waals surface area (Å²) in [5.74, 6) is 0.820. The zero-order valence-corrected chi connectivity index (χ0v) is 12.6. The van der Waals surface area contributed by atoms with Crippen molar-refractivity contribution >= 4 is 32.4 Å². The van der Waals surface area contributed by atoms with E-state index in [-0.39, 0.29) is 21.4 Å². The predicted molar refractivity (Wildman–Crippen MR) is 73.8 cm³/mol. The number of sulfonamides is 1. The largest absolute Gasteiger partial charge is 0.301 e. The van der Waals surface area contributed by atoms with E-state index in [2.05, 4.69) is 20.2 Å². The van der Waals surface area contributed by atoms with Crippen molar-refractivity contribution in [2.24, 2.45) is 11.8 Å². The molecule has 7 nitrogen and oxygen atoms in total. The van der Waals surface area contributed by atoms with Crippen molar-refractivity contribution in [2.75, 3.05) is 5.32 Å². The number of hydrogen-bond acceptors (Lipinski definition) is 6. The molecule has 0 spiro atoms. The Morgan fingerprint density at radius 1 is 1.30 bits per heavy atom. The van der Waals surface area contributed by atoms with E-state index < -0.39 is 10.0 Å². The van der Waals surface area contributed by atoms with Gasteiger partial charge in [0, 0.05) is 13.0 Å². The number of rotatable bonds is 4. The fourth-order valence-electron chi connectivity index (χ4n) is 3.16. The van der Waals surface area contributed by atoms with E-state index in [1.165, 1.54) is 13.3 Å². The van der Waals surface area contributed by atoms with Gasteiger partial charge in [0.15, 0.2) is 0 Å². The molecule has 2 N–H and O–H groups in total. The fraction of sp³-hybridized carbons (Fsp3) is 0.727. The molecule has 9 heteroatoms. The monoisotopic (exact) mass is 316 g/mol. The molecule has 20 heavy (non-hydrogen) atoms. The molecule has 0 unspecified atom stereocenters. The van der Waals surface area contributed by atoms with Gasteiger partial charge in [-0.25, -0.2) is 13.1 Å². The average Bonchev–Trinajstić information content (AvgIpc) is 3.02. The normalized spacial score (nSPS) is 28.8. The van der Waals surface area contributed by atoms with Gasteiger partial charge >= 0.3 is 0 Å². The highest BCUT2D eigenvalue weighted by Crippen LogP contribution is 2.44. The number of anilines is 1. The Balaban J connectivity index is 1.71. The SMILES string of the molecule is CC(=O)Nc1nnc(S(=O)(=O)N[C@@H]2C[C@H]3CC[C@H]2C3)s1. The molecule has 110 valence electrons. The molecule has 1 amide bonds. The maximum Gasteiger partial charge on any atom is 0.270 e. The van der Waals surface area contributed by atoms with Gasteiger partial charge in [-0.3, -0.25) is 4.79 Å². The number of carbonyl (C=O) groups excluding carboxylic acids is 1. The Hall–Kier alpha value is -1.06. The average molecular weight is 316 g/mol. The van der Waals surface area contributed by atoms with E-state index in [9.17, 15) is 13.2 Å². The molecule has 2 bridgehead atoms. The molecular formula is C11H16N4O3S2. The van der Waals surface area contributed by atoms with Crippen molar-refractivity contribution in [1.29, 1.82) is 0 Å². The van der Waals surface area contributed by atoms with Crippen molar-refractivity contribution < 1.29 is 13.2 Å². The molecule has 0 aliphatic heterocycles. The van der Waals surface area contributed by atoms with Gasteiger partial charge in [0.2, 0.25) is 15.4 Å². The second kappa shape index (κ2) is 5.05. The van der Waals surface area contributed by atoms with Crippen LogP contribution in [0.4, 0.5) is 5.13 Å². The van der Waals surface area contributed by atoms with E-state index in [0.29, 0.717) is 11.8 Å². The molecule has 2 aliphatic rings. The lowest BCUT2D eigenvalue weighted by Crippen LogP contribution is -2.38. The lowest BCUT2D eigenvalue weighted by molar-refractivity contribution is -0.114. The third-order valence-corrected chi connectivity index (χ3v) is 6.66. The molecule has 3 rings (SSSR count). The summed E-state index contributed by atoms with van der Waals surface area (Å²) in [7, 11) is -3.64. The summed E-state index contributed by atoms with van der Waals surface area (Å²) in [6.45, 7) is 1.34. The highest BCUT2D eigenvalue weighted by atomic mass is 32.2. The maximum atomic E-state index is 12.2. The van der Waals surface area contributed by atoms with Crippen LogP contribution in [0.1, 0.15) is 32.6 Å². The summed E-state index contributed by atoms with van der Waals surface area (Å²) >= 11 is 0.867. The van der Waals surface area contributed by atoms with Crippen LogP contribution in [0.3, 0.4) is 0 Å². The highest BCUT2D eigenvalue weighted by molar-refractivity contribution is 7.91. The predicted octanol–water partition coefficient (Wildman–Crippen LogP) is 0.963. The second-order valence-electron chi connectivity index (χ2n) is 5.46. The molecule has 1 heterocycles. The van der Waals surface area contributed by atoms with Crippen molar-refractivity contribution in [3.8, 4) is 0 Å². The van der Waals surface area contributed by atoms with E-state index in [4.69, 9.17) is 0 Å². The molecule has 2 aliphatic carbocycles. The summed E-state index contributed by atoms with van der Waals surface area (Å²) in [4.78, 5) is 10.9. The quantitative estimate of drug-likeness (QED) is 0.806. The number of fused-ring (bicyclic) bond motifs is 2. The maximum absolute atomic E-state index is 12.2. The number of carbonyl (C=O) groups is 1. The standard InChI is InChI=1S/C11H16N4O3S2/c1-6(16)12-10-13-14-11(19-10)20(17,18)15-9-5-7-2-3-8(9)4-7/h7-9,15H,2-5H2,1H3,(H,12,13,16)/t7-,8-,9+/m0/s1. The molecule has 0 saturated heterocycles. The minimum absolute atomic E-state index is 0.0202. The van der Waals surface area contributed by atoms with Crippen LogP contribution in [0.25, 0.3) is 0 Å². The Morgan fingerprint density at radius 3 is 2.70 bits per heavy atom. The van der Waals surface area contributed by atoms with Crippen LogP contribution in [-0.4, -0.2) is 30.6 Å². The minimum atomic E-state index is -3.64. The zero-order chi connectivity index (χ0) is 14.3. The number of aromatic nitrogens is 2. The smallest absolute Gasteiger partial charge is 0.270 e. The minimum Gasteiger partial charge on any atom is -0.301 e. The van der Waals surface area contributed by atoms with Crippen LogP contribution < -0.4 is 10.0 Å². The van der Waals surface area contributed by atoms with Crippen molar-refractivity contribution in [3.63, 3.8) is 0 Å². The van der Waals surface area contributed by atoms with Gasteiger partial charge in [0.05, 0.1) is 0 Å². The molecule has 3 atom stereocenters. The van der Waals surface area contributed by atoms with Gasteiger partial charge in [0.1, 0.15) is 0 Å². The van der Waals surface area contributed by atoms with Crippen molar-refractivity contribution in [3.05, 3.63) is 0 Å². The van der Waals surface area contributed by atoms with Crippen LogP contribution in [0.2, 0.25) is 0 Å². The van der Waals surface area contributed by atoms with Gasteiger partial charge in [-0.1, -0.05) is 17.8 Å². The molecule has 1 aromatic heterocycles. The van der Waals surface area contributed by atoms with E-state index >= 15 is 0 Å². The first-order valence-electron chi connectivity index (χ1n) is 6.57. The number of amides is 1. The highest BCUT2D eigenvalue weighted by Gasteiger charge is 2.41. The third kappa shape index (κ3) is 2.70. The molecule has 0 aromatic carbocycles. The number of nitrogens with zero attached hydrogens (tertiary/aromatic N) is 2. The van der Waals surface area contributed by atoms with Crippen molar-refractivity contribution in [2.45, 2.75) is 43.0 Å². The van der Waals surface area contributed by atoms with E-state index in [1.807, 2.05) is 0 Å². The lowest BCUT2D eigenvalue weighted by Gasteiger charge is -2.21. The first kappa shape index (κ1) is 13.9. The summed E-state index contributed by atoms with van der Waals surface area (Å²) in [5, 5.41) is 9.94. The lowest BCUT2D eigenvalue weighted by atomic mass is 9.96. The van der Waals surface area contributed by atoms with Gasteiger partial charge in [-0.2, -0.15) is 0 Å². The van der Waals surface area contributed by atoms with Gasteiger partial charge < -0.3 is 5.32 Å². The second-order valence-corrected chi connectivity index (χ2v) is 8.32. The summed E-state index contributed by atoms with van der Waals surface area (Å²) in [6.07, 6.45) is 4.36. The van der Waals surface area contributed by atoms with Crippen LogP contribution in [0, 0.1) is 11.8 Å². The number of hydrogen-bond donors (Lipinski definition) is 2. The molecule has 2 fully saturated rings. The van der Waals surface area contributed by atoms with Crippen LogP contribution in [-0.2, 0) is 14.8 Å². The van der Waals surface area contributed by atoms with Gasteiger partial charge in [-0.05, 0) is 31.1 Å². The van der Waals surface area contributed by atoms with Crippen LogP contribution in [0.15, 0.2) is 4.34 Å². The van der Waals surface area contributed by atoms with Crippen LogP contribution >= 0.6 is 11.3 Å². The molecule has 1 aromatic rings. The van der Waals surface area contributed by atoms with Crippen LogP contribution in [0.5, 0.6) is 0 Å². The fourth-order valence-corrected chi connectivity index (χ4v) is 5.44. The van der Waals surface area contributed by atoms with E-state index in [1.54, 1.807) is 0 Å². The summed E-state index contributed by atoms with van der Waals surface area (Å²) < 4.78 is 27.1.